The van der Waals surface area contributed by atoms with Gasteiger partial charge >= 0.3 is 0 Å². The molecule has 4 rings (SSSR count). The number of para-hydroxylation sites is 1. The van der Waals surface area contributed by atoms with Crippen LogP contribution < -0.4 is 4.90 Å². The molecule has 0 radical (unpaired) electrons. The topological polar surface area (TPSA) is 49.2 Å². The second kappa shape index (κ2) is 6.60. The lowest BCUT2D eigenvalue weighted by Crippen LogP contribution is -2.34. The fourth-order valence-corrected chi connectivity index (χ4v) is 3.97. The van der Waals surface area contributed by atoms with Crippen LogP contribution in [0.4, 0.5) is 5.82 Å². The summed E-state index contributed by atoms with van der Waals surface area (Å²) in [5.74, 6) is 2.36. The maximum absolute atomic E-state index is 10.3. The van der Waals surface area contributed by atoms with Gasteiger partial charge < -0.3 is 10.0 Å². The summed E-state index contributed by atoms with van der Waals surface area (Å²) in [6.07, 6.45) is 2.38. The van der Waals surface area contributed by atoms with Crippen molar-refractivity contribution in [1.82, 2.24) is 9.97 Å². The van der Waals surface area contributed by atoms with Gasteiger partial charge in [-0.3, -0.25) is 0 Å². The minimum Gasteiger partial charge on any atom is -0.507 e. The van der Waals surface area contributed by atoms with Crippen LogP contribution in [-0.4, -0.2) is 27.7 Å². The van der Waals surface area contributed by atoms with Gasteiger partial charge in [-0.1, -0.05) is 32.0 Å². The standard InChI is InChI=1S/C22H25N3O/c1-14(2)19-8-6-12-25(19)22-16-11-10-15(3)13-18(16)23-21(24-22)17-7-4-5-9-20(17)26/h4-5,7,9-11,13-14,19,26H,6,8,12H2,1-3H3/t19-/m1/s1. The number of fused-ring (bicyclic) bond motifs is 1. The number of nitrogens with zero attached hydrogens (tertiary/aromatic N) is 3. The predicted molar refractivity (Wildman–Crippen MR) is 107 cm³/mol. The van der Waals surface area contributed by atoms with Gasteiger partial charge in [0.05, 0.1) is 11.1 Å². The van der Waals surface area contributed by atoms with Crippen LogP contribution in [0.25, 0.3) is 22.3 Å². The number of aryl methyl sites for hydroxylation is 1. The maximum atomic E-state index is 10.3. The summed E-state index contributed by atoms with van der Waals surface area (Å²) in [6.45, 7) is 7.65. The highest BCUT2D eigenvalue weighted by atomic mass is 16.3. The van der Waals surface area contributed by atoms with Crippen LogP contribution in [0.5, 0.6) is 5.75 Å². The Balaban J connectivity index is 1.95. The number of aromatic hydroxyl groups is 1. The zero-order valence-electron chi connectivity index (χ0n) is 15.6. The Bertz CT molecular complexity index is 951. The SMILES string of the molecule is Cc1ccc2c(N3CCC[C@@H]3C(C)C)nc(-c3ccccc3O)nc2c1. The van der Waals surface area contributed by atoms with Crippen molar-refractivity contribution in [1.29, 1.82) is 0 Å². The molecule has 1 aliphatic heterocycles. The van der Waals surface area contributed by atoms with E-state index in [-0.39, 0.29) is 5.75 Å². The van der Waals surface area contributed by atoms with E-state index < -0.39 is 0 Å². The Morgan fingerprint density at radius 3 is 2.69 bits per heavy atom. The fourth-order valence-electron chi connectivity index (χ4n) is 3.97. The molecular weight excluding hydrogens is 322 g/mol. The molecule has 1 fully saturated rings. The molecule has 1 aromatic heterocycles. The van der Waals surface area contributed by atoms with Gasteiger partial charge in [0.1, 0.15) is 11.6 Å². The number of phenols is 1. The molecule has 0 spiro atoms. The fraction of sp³-hybridized carbons (Fsp3) is 0.364. The van der Waals surface area contributed by atoms with E-state index in [1.165, 1.54) is 18.4 Å². The molecule has 0 amide bonds. The molecule has 0 unspecified atom stereocenters. The van der Waals surface area contributed by atoms with Gasteiger partial charge in [-0.05, 0) is 55.5 Å². The summed E-state index contributed by atoms with van der Waals surface area (Å²) in [7, 11) is 0. The molecule has 1 atom stereocenters. The van der Waals surface area contributed by atoms with Gasteiger partial charge in [-0.25, -0.2) is 9.97 Å². The number of aromatic nitrogens is 2. The number of anilines is 1. The Morgan fingerprint density at radius 2 is 1.92 bits per heavy atom. The van der Waals surface area contributed by atoms with Crippen molar-refractivity contribution < 1.29 is 5.11 Å². The van der Waals surface area contributed by atoms with Gasteiger partial charge in [0, 0.05) is 18.0 Å². The molecule has 26 heavy (non-hydrogen) atoms. The van der Waals surface area contributed by atoms with Crippen molar-refractivity contribution in [2.75, 3.05) is 11.4 Å². The molecule has 1 aliphatic rings. The van der Waals surface area contributed by atoms with E-state index in [1.807, 2.05) is 18.2 Å². The summed E-state index contributed by atoms with van der Waals surface area (Å²) in [4.78, 5) is 12.1. The summed E-state index contributed by atoms with van der Waals surface area (Å²) < 4.78 is 0. The van der Waals surface area contributed by atoms with E-state index >= 15 is 0 Å². The third kappa shape index (κ3) is 2.90. The number of hydrogen-bond acceptors (Lipinski definition) is 4. The van der Waals surface area contributed by atoms with E-state index in [9.17, 15) is 5.11 Å². The molecule has 0 aliphatic carbocycles. The minimum atomic E-state index is 0.215. The molecule has 2 heterocycles. The van der Waals surface area contributed by atoms with Gasteiger partial charge in [0.25, 0.3) is 0 Å². The van der Waals surface area contributed by atoms with Crippen LogP contribution in [0.1, 0.15) is 32.3 Å². The van der Waals surface area contributed by atoms with E-state index in [2.05, 4.69) is 43.9 Å². The van der Waals surface area contributed by atoms with Crippen LogP contribution in [0.2, 0.25) is 0 Å². The van der Waals surface area contributed by atoms with Crippen molar-refractivity contribution in [3.05, 3.63) is 48.0 Å². The van der Waals surface area contributed by atoms with Crippen molar-refractivity contribution in [2.45, 2.75) is 39.7 Å². The molecule has 0 bridgehead atoms. The molecule has 1 N–H and O–H groups in total. The Morgan fingerprint density at radius 1 is 1.12 bits per heavy atom. The lowest BCUT2D eigenvalue weighted by molar-refractivity contribution is 0.476. The quantitative estimate of drug-likeness (QED) is 0.729. The average molecular weight is 347 g/mol. The molecule has 3 aromatic rings. The molecule has 2 aromatic carbocycles. The average Bonchev–Trinajstić information content (AvgIpc) is 3.10. The van der Waals surface area contributed by atoms with Crippen molar-refractivity contribution in [3.63, 3.8) is 0 Å². The van der Waals surface area contributed by atoms with Gasteiger partial charge in [-0.2, -0.15) is 0 Å². The lowest BCUT2D eigenvalue weighted by Gasteiger charge is -2.30. The number of benzene rings is 2. The first kappa shape index (κ1) is 16.8. The second-order valence-electron chi connectivity index (χ2n) is 7.56. The smallest absolute Gasteiger partial charge is 0.165 e. The minimum absolute atomic E-state index is 0.215. The Hall–Kier alpha value is -2.62. The highest BCUT2D eigenvalue weighted by Gasteiger charge is 2.30. The summed E-state index contributed by atoms with van der Waals surface area (Å²) in [5.41, 5.74) is 2.78. The third-order valence-corrected chi connectivity index (χ3v) is 5.32. The maximum Gasteiger partial charge on any atom is 0.165 e. The number of hydrogen-bond donors (Lipinski definition) is 1. The largest absolute Gasteiger partial charge is 0.507 e. The summed E-state index contributed by atoms with van der Waals surface area (Å²) in [5, 5.41) is 11.4. The first-order valence-corrected chi connectivity index (χ1v) is 9.38. The van der Waals surface area contributed by atoms with Gasteiger partial charge in [0.15, 0.2) is 5.82 Å². The van der Waals surface area contributed by atoms with Crippen LogP contribution in [-0.2, 0) is 0 Å². The highest BCUT2D eigenvalue weighted by Crippen LogP contribution is 2.36. The first-order valence-electron chi connectivity index (χ1n) is 9.38. The molecule has 4 heteroatoms. The van der Waals surface area contributed by atoms with Crippen LogP contribution in [0.15, 0.2) is 42.5 Å². The Kier molecular flexibility index (Phi) is 4.27. The predicted octanol–water partition coefficient (Wildman–Crippen LogP) is 4.94. The molecule has 134 valence electrons. The van der Waals surface area contributed by atoms with Gasteiger partial charge in [0.2, 0.25) is 0 Å². The molecule has 4 nitrogen and oxygen atoms in total. The van der Waals surface area contributed by atoms with Crippen molar-refractivity contribution >= 4 is 16.7 Å². The van der Waals surface area contributed by atoms with Gasteiger partial charge in [-0.15, -0.1) is 0 Å². The lowest BCUT2D eigenvalue weighted by atomic mass is 10.0. The van der Waals surface area contributed by atoms with Crippen LogP contribution >= 0.6 is 0 Å². The van der Waals surface area contributed by atoms with E-state index in [4.69, 9.17) is 9.97 Å². The monoisotopic (exact) mass is 347 g/mol. The zero-order chi connectivity index (χ0) is 18.3. The Labute approximate surface area is 154 Å². The molecule has 0 saturated carbocycles. The summed E-state index contributed by atoms with van der Waals surface area (Å²) in [6, 6.07) is 14.1. The second-order valence-corrected chi connectivity index (χ2v) is 7.56. The molecule has 1 saturated heterocycles. The number of phenolic OH excluding ortho intramolecular Hbond substituents is 1. The normalized spacial score (nSPS) is 17.4. The van der Waals surface area contributed by atoms with E-state index in [0.717, 1.165) is 23.3 Å². The van der Waals surface area contributed by atoms with E-state index in [1.54, 1.807) is 6.07 Å². The third-order valence-electron chi connectivity index (χ3n) is 5.32. The van der Waals surface area contributed by atoms with Crippen molar-refractivity contribution in [2.24, 2.45) is 5.92 Å². The van der Waals surface area contributed by atoms with Crippen molar-refractivity contribution in [3.8, 4) is 17.1 Å². The van der Waals surface area contributed by atoms with Crippen LogP contribution in [0, 0.1) is 12.8 Å². The molecular formula is C22H25N3O. The van der Waals surface area contributed by atoms with E-state index in [0.29, 0.717) is 23.3 Å². The zero-order valence-corrected chi connectivity index (χ0v) is 15.6. The van der Waals surface area contributed by atoms with Crippen LogP contribution in [0.3, 0.4) is 0 Å². The summed E-state index contributed by atoms with van der Waals surface area (Å²) >= 11 is 0. The first-order chi connectivity index (χ1) is 12.5. The highest BCUT2D eigenvalue weighted by molar-refractivity contribution is 5.92. The number of rotatable bonds is 3.